The van der Waals surface area contributed by atoms with Gasteiger partial charge in [-0.15, -0.1) is 0 Å². The Bertz CT molecular complexity index is 669. The van der Waals surface area contributed by atoms with Crippen LogP contribution in [-0.2, 0) is 17.7 Å². The molecule has 0 radical (unpaired) electrons. The van der Waals surface area contributed by atoms with E-state index in [2.05, 4.69) is 53.2 Å². The van der Waals surface area contributed by atoms with Crippen molar-refractivity contribution >= 4 is 6.09 Å². The average Bonchev–Trinajstić information content (AvgIpc) is 2.87. The Hall–Kier alpha value is -2.23. The number of carbonyl (C=O) groups excluding carboxylic acids is 1. The third-order valence-corrected chi connectivity index (χ3v) is 4.00. The average molecular weight is 342 g/mol. The van der Waals surface area contributed by atoms with Gasteiger partial charge < -0.3 is 14.6 Å². The van der Waals surface area contributed by atoms with Crippen molar-refractivity contribution in [1.29, 1.82) is 0 Å². The van der Waals surface area contributed by atoms with Gasteiger partial charge >= 0.3 is 6.09 Å². The lowest BCUT2D eigenvalue weighted by atomic mass is 10.1. The number of nitrogens with zero attached hydrogens (tertiary/aromatic N) is 1. The number of nitrogens with one attached hydrogen (secondary N) is 1. The molecule has 0 fully saturated rings. The lowest BCUT2D eigenvalue weighted by Gasteiger charge is -2.19. The van der Waals surface area contributed by atoms with E-state index >= 15 is 0 Å². The topological polar surface area (TPSA) is 43.3 Å². The van der Waals surface area contributed by atoms with Crippen molar-refractivity contribution in [3.63, 3.8) is 0 Å². The number of benzene rings is 1. The molecule has 0 saturated heterocycles. The van der Waals surface area contributed by atoms with E-state index in [0.29, 0.717) is 6.54 Å². The number of ether oxygens (including phenoxy) is 1. The van der Waals surface area contributed by atoms with Crippen molar-refractivity contribution < 1.29 is 9.53 Å². The van der Waals surface area contributed by atoms with E-state index in [4.69, 9.17) is 4.74 Å². The first-order valence-electron chi connectivity index (χ1n) is 9.01. The first-order valence-corrected chi connectivity index (χ1v) is 9.01. The van der Waals surface area contributed by atoms with Gasteiger partial charge in [0.2, 0.25) is 0 Å². The lowest BCUT2D eigenvalue weighted by molar-refractivity contribution is 0.0527. The Balaban J connectivity index is 1.77. The zero-order valence-corrected chi connectivity index (χ0v) is 15.8. The number of carbonyl (C=O) groups is 1. The van der Waals surface area contributed by atoms with E-state index in [-0.39, 0.29) is 6.09 Å². The molecule has 1 aromatic heterocycles. The molecule has 25 heavy (non-hydrogen) atoms. The zero-order chi connectivity index (χ0) is 18.3. The van der Waals surface area contributed by atoms with Gasteiger partial charge in [0, 0.05) is 24.5 Å². The minimum absolute atomic E-state index is 0.337. The molecular formula is C21H30N2O2. The van der Waals surface area contributed by atoms with Gasteiger partial charge in [-0.2, -0.15) is 0 Å². The summed E-state index contributed by atoms with van der Waals surface area (Å²) in [7, 11) is 0. The Morgan fingerprint density at radius 1 is 1.08 bits per heavy atom. The molecule has 2 rings (SSSR count). The molecule has 136 valence electrons. The fraction of sp³-hybridized carbons (Fsp3) is 0.476. The molecule has 0 unspecified atom stereocenters. The summed E-state index contributed by atoms with van der Waals surface area (Å²) in [4.78, 5) is 11.6. The van der Waals surface area contributed by atoms with Crippen LogP contribution in [0.15, 0.2) is 42.5 Å². The van der Waals surface area contributed by atoms with Crippen LogP contribution < -0.4 is 5.32 Å². The van der Waals surface area contributed by atoms with E-state index in [1.807, 2.05) is 26.8 Å². The maximum atomic E-state index is 11.6. The van der Waals surface area contributed by atoms with Crippen LogP contribution in [-0.4, -0.2) is 22.8 Å². The van der Waals surface area contributed by atoms with Crippen molar-refractivity contribution in [2.75, 3.05) is 6.54 Å². The van der Waals surface area contributed by atoms with Crippen LogP contribution in [0.5, 0.6) is 0 Å². The minimum atomic E-state index is -0.445. The highest BCUT2D eigenvalue weighted by Gasteiger charge is 2.15. The molecule has 0 aliphatic carbocycles. The maximum Gasteiger partial charge on any atom is 0.407 e. The molecular weight excluding hydrogens is 312 g/mol. The first kappa shape index (κ1) is 19.1. The summed E-state index contributed by atoms with van der Waals surface area (Å²) in [6, 6.07) is 14.9. The molecule has 0 bridgehead atoms. The van der Waals surface area contributed by atoms with Gasteiger partial charge in [-0.3, -0.25) is 0 Å². The van der Waals surface area contributed by atoms with Crippen molar-refractivity contribution in [2.45, 2.75) is 59.1 Å². The summed E-state index contributed by atoms with van der Waals surface area (Å²) in [5.74, 6) is 0. The van der Waals surface area contributed by atoms with Gasteiger partial charge in [0.05, 0.1) is 0 Å². The number of hydrogen-bond donors (Lipinski definition) is 1. The molecule has 0 aliphatic rings. The number of rotatable bonds is 7. The van der Waals surface area contributed by atoms with Gasteiger partial charge in [-0.1, -0.05) is 30.3 Å². The highest BCUT2D eigenvalue weighted by atomic mass is 16.6. The van der Waals surface area contributed by atoms with E-state index < -0.39 is 5.60 Å². The molecule has 0 saturated carbocycles. The van der Waals surface area contributed by atoms with Crippen molar-refractivity contribution in [1.82, 2.24) is 9.88 Å². The van der Waals surface area contributed by atoms with Crippen LogP contribution in [0.3, 0.4) is 0 Å². The SMILES string of the molecule is Cc1ccc(CCCCNC(=O)OC(C)(C)C)n1Cc1ccccc1. The third-order valence-electron chi connectivity index (χ3n) is 4.00. The van der Waals surface area contributed by atoms with Crippen LogP contribution in [0.25, 0.3) is 0 Å². The van der Waals surface area contributed by atoms with E-state index in [0.717, 1.165) is 25.8 Å². The predicted octanol–water partition coefficient (Wildman–Crippen LogP) is 4.69. The van der Waals surface area contributed by atoms with Crippen molar-refractivity contribution in [3.8, 4) is 0 Å². The molecule has 1 amide bonds. The second kappa shape index (κ2) is 8.75. The zero-order valence-electron chi connectivity index (χ0n) is 15.8. The molecule has 1 aromatic carbocycles. The molecule has 0 aliphatic heterocycles. The lowest BCUT2D eigenvalue weighted by Crippen LogP contribution is -2.33. The summed E-state index contributed by atoms with van der Waals surface area (Å²) in [6.45, 7) is 9.32. The fourth-order valence-electron chi connectivity index (χ4n) is 2.77. The van der Waals surface area contributed by atoms with E-state index in [9.17, 15) is 4.79 Å². The van der Waals surface area contributed by atoms with Crippen LogP contribution in [0, 0.1) is 6.92 Å². The molecule has 1 heterocycles. The summed E-state index contributed by atoms with van der Waals surface area (Å²) in [5, 5.41) is 2.82. The Morgan fingerprint density at radius 3 is 2.48 bits per heavy atom. The van der Waals surface area contributed by atoms with Crippen LogP contribution in [0.4, 0.5) is 4.79 Å². The highest BCUT2D eigenvalue weighted by molar-refractivity contribution is 5.67. The molecule has 2 aromatic rings. The Labute approximate surface area is 151 Å². The molecule has 0 atom stereocenters. The Morgan fingerprint density at radius 2 is 1.80 bits per heavy atom. The number of unbranched alkanes of at least 4 members (excludes halogenated alkanes) is 1. The second-order valence-electron chi connectivity index (χ2n) is 7.42. The number of aromatic nitrogens is 1. The van der Waals surface area contributed by atoms with E-state index in [1.54, 1.807) is 0 Å². The highest BCUT2D eigenvalue weighted by Crippen LogP contribution is 2.14. The van der Waals surface area contributed by atoms with Gasteiger partial charge in [-0.25, -0.2) is 4.79 Å². The molecule has 4 heteroatoms. The van der Waals surface area contributed by atoms with Crippen LogP contribution in [0.1, 0.15) is 50.6 Å². The smallest absolute Gasteiger partial charge is 0.407 e. The predicted molar refractivity (Wildman–Crippen MR) is 102 cm³/mol. The monoisotopic (exact) mass is 342 g/mol. The molecule has 4 nitrogen and oxygen atoms in total. The third kappa shape index (κ3) is 6.65. The van der Waals surface area contributed by atoms with Gasteiger partial charge in [0.25, 0.3) is 0 Å². The number of aryl methyl sites for hydroxylation is 2. The van der Waals surface area contributed by atoms with Crippen molar-refractivity contribution in [3.05, 3.63) is 59.4 Å². The summed E-state index contributed by atoms with van der Waals surface area (Å²) in [5.41, 5.74) is 3.50. The van der Waals surface area contributed by atoms with Gasteiger partial charge in [-0.05, 0) is 64.7 Å². The summed E-state index contributed by atoms with van der Waals surface area (Å²) in [6.07, 6.45) is 2.65. The van der Waals surface area contributed by atoms with Gasteiger partial charge in [0.1, 0.15) is 5.60 Å². The van der Waals surface area contributed by atoms with Crippen LogP contribution >= 0.6 is 0 Å². The molecule has 1 N–H and O–H groups in total. The quantitative estimate of drug-likeness (QED) is 0.742. The Kier molecular flexibility index (Phi) is 6.68. The fourth-order valence-corrected chi connectivity index (χ4v) is 2.77. The van der Waals surface area contributed by atoms with Gasteiger partial charge in [0.15, 0.2) is 0 Å². The first-order chi connectivity index (χ1) is 11.8. The number of hydrogen-bond acceptors (Lipinski definition) is 2. The largest absolute Gasteiger partial charge is 0.444 e. The number of alkyl carbamates (subject to hydrolysis) is 1. The summed E-state index contributed by atoms with van der Waals surface area (Å²) < 4.78 is 7.61. The summed E-state index contributed by atoms with van der Waals surface area (Å²) >= 11 is 0. The molecule has 0 spiro atoms. The van der Waals surface area contributed by atoms with Crippen molar-refractivity contribution in [2.24, 2.45) is 0 Å². The van der Waals surface area contributed by atoms with Crippen LogP contribution in [0.2, 0.25) is 0 Å². The maximum absolute atomic E-state index is 11.6. The normalized spacial score (nSPS) is 11.4. The van der Waals surface area contributed by atoms with E-state index in [1.165, 1.54) is 17.0 Å². The number of amides is 1. The second-order valence-corrected chi connectivity index (χ2v) is 7.42. The minimum Gasteiger partial charge on any atom is -0.444 e. The standard InChI is InChI=1S/C21H30N2O2/c1-17-13-14-19(23(17)16-18-10-6-5-7-11-18)12-8-9-15-22-20(24)25-21(2,3)4/h5-7,10-11,13-14H,8-9,12,15-16H2,1-4H3,(H,22,24).